The van der Waals surface area contributed by atoms with E-state index in [9.17, 15) is 4.79 Å². The Morgan fingerprint density at radius 1 is 1.00 bits per heavy atom. The van der Waals surface area contributed by atoms with Crippen molar-refractivity contribution in [3.8, 4) is 0 Å². The molecule has 2 aliphatic rings. The molecule has 0 radical (unpaired) electrons. The number of nitrogens with zero attached hydrogens (tertiary/aromatic N) is 1. The first-order valence-corrected chi connectivity index (χ1v) is 10.1. The zero-order chi connectivity index (χ0) is 18.9. The second kappa shape index (κ2) is 7.17. The van der Waals surface area contributed by atoms with Crippen LogP contribution in [0, 0.1) is 5.92 Å². The minimum atomic E-state index is -0.163. The lowest BCUT2D eigenvalue weighted by molar-refractivity contribution is -0.149. The molecule has 0 aliphatic heterocycles. The summed E-state index contributed by atoms with van der Waals surface area (Å²) in [4.78, 5) is 17.5. The van der Waals surface area contributed by atoms with E-state index in [-0.39, 0.29) is 22.7 Å². The van der Waals surface area contributed by atoms with E-state index in [1.54, 1.807) is 0 Å². The van der Waals surface area contributed by atoms with E-state index in [1.807, 2.05) is 6.92 Å². The molecule has 0 unspecified atom stereocenters. The normalized spacial score (nSPS) is 22.6. The summed E-state index contributed by atoms with van der Waals surface area (Å²) >= 11 is 0. The number of carbonyl (C=O) groups is 1. The quantitative estimate of drug-likeness (QED) is 0.385. The van der Waals surface area contributed by atoms with Crippen LogP contribution in [0.3, 0.4) is 0 Å². The summed E-state index contributed by atoms with van der Waals surface area (Å²) in [5.74, 6) is -0.132. The molecule has 0 amide bonds. The Balaban J connectivity index is 1.80. The van der Waals surface area contributed by atoms with Crippen molar-refractivity contribution in [2.75, 3.05) is 0 Å². The van der Waals surface area contributed by atoms with Crippen molar-refractivity contribution in [2.45, 2.75) is 90.4 Å². The molecule has 0 N–H and O–H groups in total. The van der Waals surface area contributed by atoms with Gasteiger partial charge in [0.15, 0.2) is 0 Å². The Kier molecular flexibility index (Phi) is 5.28. The molecule has 1 aromatic rings. The van der Waals surface area contributed by atoms with Crippen LogP contribution < -0.4 is 0 Å². The number of benzene rings is 1. The number of carbonyl (C=O) groups excluding carboxylic acids is 1. The molecule has 3 nitrogen and oxygen atoms in total. The van der Waals surface area contributed by atoms with Crippen LogP contribution in [0.2, 0.25) is 0 Å². The number of hydrogen-bond donors (Lipinski definition) is 0. The third-order valence-corrected chi connectivity index (χ3v) is 6.48. The molecule has 3 rings (SSSR count). The van der Waals surface area contributed by atoms with E-state index < -0.39 is 0 Å². The van der Waals surface area contributed by atoms with Crippen molar-refractivity contribution in [1.82, 2.24) is 0 Å². The molecule has 0 saturated heterocycles. The maximum Gasteiger partial charge on any atom is 0.338 e. The van der Waals surface area contributed by atoms with Crippen molar-refractivity contribution >= 4 is 11.7 Å². The van der Waals surface area contributed by atoms with Crippen LogP contribution in [0.5, 0.6) is 0 Å². The van der Waals surface area contributed by atoms with Crippen LogP contribution >= 0.6 is 0 Å². The van der Waals surface area contributed by atoms with Gasteiger partial charge in [0.2, 0.25) is 0 Å². The number of hydrogen-bond acceptors (Lipinski definition) is 3. The van der Waals surface area contributed by atoms with Gasteiger partial charge in [0.25, 0.3) is 0 Å². The van der Waals surface area contributed by atoms with E-state index >= 15 is 0 Å². The summed E-state index contributed by atoms with van der Waals surface area (Å²) < 4.78 is 0. The zero-order valence-corrected chi connectivity index (χ0v) is 17.0. The Labute approximate surface area is 158 Å². The SMILES string of the molecule is C/C(=N\OC(=O)C1CCCCC1)c1ccc2c(c1)C(C)(C)CCC2(C)C. The van der Waals surface area contributed by atoms with Gasteiger partial charge in [0.05, 0.1) is 11.6 Å². The first-order valence-electron chi connectivity index (χ1n) is 10.1. The van der Waals surface area contributed by atoms with Gasteiger partial charge in [-0.3, -0.25) is 0 Å². The van der Waals surface area contributed by atoms with Crippen molar-refractivity contribution in [2.24, 2.45) is 11.1 Å². The monoisotopic (exact) mass is 355 g/mol. The van der Waals surface area contributed by atoms with E-state index in [0.29, 0.717) is 0 Å². The summed E-state index contributed by atoms with van der Waals surface area (Å²) in [6.45, 7) is 11.2. The van der Waals surface area contributed by atoms with E-state index in [4.69, 9.17) is 4.84 Å². The van der Waals surface area contributed by atoms with Gasteiger partial charge in [-0.2, -0.15) is 0 Å². The Hall–Kier alpha value is -1.64. The molecular weight excluding hydrogens is 322 g/mol. The highest BCUT2D eigenvalue weighted by Crippen LogP contribution is 2.45. The average molecular weight is 356 g/mol. The summed E-state index contributed by atoms with van der Waals surface area (Å²) in [5, 5.41) is 4.17. The highest BCUT2D eigenvalue weighted by Gasteiger charge is 2.37. The molecule has 0 aromatic heterocycles. The van der Waals surface area contributed by atoms with E-state index in [1.165, 1.54) is 30.4 Å². The molecule has 3 heteroatoms. The van der Waals surface area contributed by atoms with Crippen LogP contribution in [0.1, 0.15) is 96.3 Å². The molecule has 1 aromatic carbocycles. The first kappa shape index (κ1) is 19.1. The molecule has 0 heterocycles. The van der Waals surface area contributed by atoms with Crippen LogP contribution in [0.4, 0.5) is 0 Å². The van der Waals surface area contributed by atoms with Gasteiger partial charge >= 0.3 is 5.97 Å². The van der Waals surface area contributed by atoms with E-state index in [2.05, 4.69) is 51.0 Å². The van der Waals surface area contributed by atoms with Gasteiger partial charge in [-0.1, -0.05) is 64.2 Å². The Morgan fingerprint density at radius 3 is 2.27 bits per heavy atom. The van der Waals surface area contributed by atoms with E-state index in [0.717, 1.165) is 37.0 Å². The standard InChI is InChI=1S/C23H33NO2/c1-16(24-26-21(25)17-9-7-6-8-10-17)18-11-12-19-20(15-18)23(4,5)14-13-22(19,2)3/h11-12,15,17H,6-10,13-14H2,1-5H3/b24-16+. The number of fused-ring (bicyclic) bond motifs is 1. The fourth-order valence-electron chi connectivity index (χ4n) is 4.39. The predicted octanol–water partition coefficient (Wildman–Crippen LogP) is 5.88. The minimum absolute atomic E-state index is 0.0311. The van der Waals surface area contributed by atoms with Gasteiger partial charge < -0.3 is 4.84 Å². The summed E-state index contributed by atoms with van der Waals surface area (Å²) in [6.07, 6.45) is 7.75. The molecule has 26 heavy (non-hydrogen) atoms. The maximum absolute atomic E-state index is 12.2. The minimum Gasteiger partial charge on any atom is -0.318 e. The van der Waals surface area contributed by atoms with Crippen molar-refractivity contribution in [3.05, 3.63) is 34.9 Å². The van der Waals surface area contributed by atoms with Gasteiger partial charge in [-0.05, 0) is 66.2 Å². The molecule has 2 aliphatic carbocycles. The van der Waals surface area contributed by atoms with Gasteiger partial charge in [0.1, 0.15) is 0 Å². The van der Waals surface area contributed by atoms with Gasteiger partial charge in [0, 0.05) is 0 Å². The summed E-state index contributed by atoms with van der Waals surface area (Å²) in [6, 6.07) is 6.62. The topological polar surface area (TPSA) is 38.7 Å². The molecule has 1 saturated carbocycles. The van der Waals surface area contributed by atoms with Crippen LogP contribution in [-0.4, -0.2) is 11.7 Å². The summed E-state index contributed by atoms with van der Waals surface area (Å²) in [5.41, 5.74) is 5.04. The highest BCUT2D eigenvalue weighted by molar-refractivity contribution is 5.99. The van der Waals surface area contributed by atoms with Crippen molar-refractivity contribution in [3.63, 3.8) is 0 Å². The first-order chi connectivity index (χ1) is 12.2. The molecule has 0 bridgehead atoms. The smallest absolute Gasteiger partial charge is 0.318 e. The number of rotatable bonds is 3. The fraction of sp³-hybridized carbons (Fsp3) is 0.652. The second-order valence-corrected chi connectivity index (χ2v) is 9.45. The third-order valence-electron chi connectivity index (χ3n) is 6.48. The Morgan fingerprint density at radius 2 is 1.62 bits per heavy atom. The van der Waals surface area contributed by atoms with Crippen LogP contribution in [0.15, 0.2) is 23.4 Å². The zero-order valence-electron chi connectivity index (χ0n) is 17.0. The molecule has 142 valence electrons. The largest absolute Gasteiger partial charge is 0.338 e. The lowest BCUT2D eigenvalue weighted by Gasteiger charge is -2.42. The van der Waals surface area contributed by atoms with Crippen molar-refractivity contribution < 1.29 is 9.63 Å². The second-order valence-electron chi connectivity index (χ2n) is 9.45. The summed E-state index contributed by atoms with van der Waals surface area (Å²) in [7, 11) is 0. The fourth-order valence-corrected chi connectivity index (χ4v) is 4.39. The molecule has 0 atom stereocenters. The maximum atomic E-state index is 12.2. The molecule has 1 fully saturated rings. The molecule has 0 spiro atoms. The van der Waals surface area contributed by atoms with Gasteiger partial charge in [-0.25, -0.2) is 4.79 Å². The third kappa shape index (κ3) is 3.87. The Bertz CT molecular complexity index is 709. The lowest BCUT2D eigenvalue weighted by Crippen LogP contribution is -2.34. The van der Waals surface area contributed by atoms with Gasteiger partial charge in [-0.15, -0.1) is 0 Å². The predicted molar refractivity (Wildman–Crippen MR) is 107 cm³/mol. The van der Waals surface area contributed by atoms with Crippen LogP contribution in [0.25, 0.3) is 0 Å². The molecular formula is C23H33NO2. The van der Waals surface area contributed by atoms with Crippen molar-refractivity contribution in [1.29, 1.82) is 0 Å². The lowest BCUT2D eigenvalue weighted by atomic mass is 9.63. The number of oxime groups is 1. The highest BCUT2D eigenvalue weighted by atomic mass is 16.7. The average Bonchev–Trinajstić information content (AvgIpc) is 2.63. The van der Waals surface area contributed by atoms with Crippen LogP contribution in [-0.2, 0) is 20.5 Å².